The van der Waals surface area contributed by atoms with Crippen molar-refractivity contribution in [2.75, 3.05) is 0 Å². The van der Waals surface area contributed by atoms with Crippen molar-refractivity contribution >= 4 is 56.5 Å². The van der Waals surface area contributed by atoms with Crippen molar-refractivity contribution < 1.29 is 23.2 Å². The van der Waals surface area contributed by atoms with Gasteiger partial charge in [0.2, 0.25) is 0 Å². The summed E-state index contributed by atoms with van der Waals surface area (Å²) < 4.78 is 34.0. The second-order valence-corrected chi connectivity index (χ2v) is 9.31. The normalized spacial score (nSPS) is 13.8. The summed E-state index contributed by atoms with van der Waals surface area (Å²) in [6.07, 6.45) is 0. The van der Waals surface area contributed by atoms with Gasteiger partial charge in [-0.3, -0.25) is 4.55 Å². The molecule has 0 aromatic heterocycles. The minimum Gasteiger partial charge on any atom is -0.504 e. The molecule has 0 saturated carbocycles. The summed E-state index contributed by atoms with van der Waals surface area (Å²) in [6, 6.07) is 12.0. The van der Waals surface area contributed by atoms with Gasteiger partial charge in [0.1, 0.15) is 0 Å². The van der Waals surface area contributed by atoms with Crippen LogP contribution in [0.2, 0.25) is 20.1 Å². The van der Waals surface area contributed by atoms with Crippen LogP contribution in [-0.2, 0) is 14.9 Å². The van der Waals surface area contributed by atoms with Gasteiger partial charge in [-0.15, -0.1) is 0 Å². The third-order valence-electron chi connectivity index (χ3n) is 4.40. The topological polar surface area (TPSA) is 94.8 Å². The van der Waals surface area contributed by atoms with Crippen molar-refractivity contribution in [3.05, 3.63) is 91.4 Å². The van der Waals surface area contributed by atoms with E-state index >= 15 is 0 Å². The van der Waals surface area contributed by atoms with Gasteiger partial charge in [-0.1, -0.05) is 70.7 Å². The van der Waals surface area contributed by atoms with E-state index in [1.54, 1.807) is 6.07 Å². The van der Waals surface area contributed by atoms with E-state index in [1.165, 1.54) is 36.4 Å². The van der Waals surface area contributed by atoms with Crippen molar-refractivity contribution in [1.29, 1.82) is 0 Å². The Morgan fingerprint density at radius 2 is 1.38 bits per heavy atom. The van der Waals surface area contributed by atoms with Crippen LogP contribution in [0.3, 0.4) is 0 Å². The molecule has 10 heteroatoms. The highest BCUT2D eigenvalue weighted by atomic mass is 35.5. The first-order chi connectivity index (χ1) is 13.5. The molecule has 29 heavy (non-hydrogen) atoms. The van der Waals surface area contributed by atoms with E-state index in [2.05, 4.69) is 0 Å². The number of phenolic OH excluding ortho intramolecular Hbond substituents is 2. The molecular weight excluding hydrogens is 482 g/mol. The molecular formula is C19H12Cl4O5S. The second-order valence-electron chi connectivity index (χ2n) is 6.09. The smallest absolute Gasteiger partial charge is 0.283 e. The van der Waals surface area contributed by atoms with Crippen LogP contribution in [0.25, 0.3) is 0 Å². The third kappa shape index (κ3) is 3.65. The van der Waals surface area contributed by atoms with Crippen LogP contribution < -0.4 is 0 Å². The Hall–Kier alpha value is -1.67. The largest absolute Gasteiger partial charge is 0.504 e. The third-order valence-corrected chi connectivity index (χ3v) is 7.02. The van der Waals surface area contributed by atoms with Gasteiger partial charge in [0.05, 0.1) is 5.02 Å². The van der Waals surface area contributed by atoms with E-state index in [4.69, 9.17) is 46.4 Å². The molecule has 0 spiro atoms. The van der Waals surface area contributed by atoms with Gasteiger partial charge >= 0.3 is 0 Å². The number of hydrogen-bond donors (Lipinski definition) is 3. The Balaban J connectivity index is 2.61. The predicted molar refractivity (Wildman–Crippen MR) is 114 cm³/mol. The zero-order chi connectivity index (χ0) is 21.6. The average Bonchev–Trinajstić information content (AvgIpc) is 2.62. The highest BCUT2D eigenvalue weighted by Gasteiger charge is 2.51. The lowest BCUT2D eigenvalue weighted by atomic mass is 9.83. The first-order valence-corrected chi connectivity index (χ1v) is 10.8. The molecule has 0 saturated heterocycles. The molecule has 3 N–H and O–H groups in total. The van der Waals surface area contributed by atoms with E-state index in [9.17, 15) is 23.2 Å². The van der Waals surface area contributed by atoms with Crippen LogP contribution in [-0.4, -0.2) is 23.2 Å². The molecule has 0 amide bonds. The molecule has 1 unspecified atom stereocenters. The van der Waals surface area contributed by atoms with E-state index in [0.29, 0.717) is 0 Å². The van der Waals surface area contributed by atoms with Gasteiger partial charge in [0.25, 0.3) is 10.1 Å². The fourth-order valence-electron chi connectivity index (χ4n) is 3.19. The summed E-state index contributed by atoms with van der Waals surface area (Å²) in [6.45, 7) is 0. The van der Waals surface area contributed by atoms with E-state index in [-0.39, 0.29) is 36.8 Å². The van der Waals surface area contributed by atoms with Gasteiger partial charge < -0.3 is 10.2 Å². The monoisotopic (exact) mass is 492 g/mol. The lowest BCUT2D eigenvalue weighted by Gasteiger charge is -2.34. The van der Waals surface area contributed by atoms with Crippen LogP contribution >= 0.6 is 46.4 Å². The lowest BCUT2D eigenvalue weighted by molar-refractivity contribution is 0.402. The molecule has 0 aliphatic rings. The molecule has 0 aliphatic heterocycles. The predicted octanol–water partition coefficient (Wildman–Crippen LogP) is 5.89. The molecule has 0 radical (unpaired) electrons. The molecule has 1 atom stereocenters. The maximum absolute atomic E-state index is 13.0. The van der Waals surface area contributed by atoms with Crippen molar-refractivity contribution in [2.45, 2.75) is 4.75 Å². The fourth-order valence-corrected chi connectivity index (χ4v) is 5.67. The van der Waals surface area contributed by atoms with Crippen LogP contribution in [0.1, 0.15) is 16.7 Å². The van der Waals surface area contributed by atoms with E-state index in [1.807, 2.05) is 0 Å². The molecule has 0 aliphatic carbocycles. The number of hydrogen-bond acceptors (Lipinski definition) is 4. The van der Waals surface area contributed by atoms with Crippen LogP contribution in [0.4, 0.5) is 0 Å². The number of benzene rings is 3. The van der Waals surface area contributed by atoms with E-state index < -0.39 is 26.4 Å². The van der Waals surface area contributed by atoms with Gasteiger partial charge in [0, 0.05) is 26.2 Å². The Morgan fingerprint density at radius 3 is 1.93 bits per heavy atom. The zero-order valence-corrected chi connectivity index (χ0v) is 18.1. The summed E-state index contributed by atoms with van der Waals surface area (Å²) in [4.78, 5) is 0. The zero-order valence-electron chi connectivity index (χ0n) is 14.3. The molecule has 3 aromatic carbocycles. The van der Waals surface area contributed by atoms with Crippen molar-refractivity contribution in [2.24, 2.45) is 0 Å². The Kier molecular flexibility index (Phi) is 5.98. The molecule has 0 bridgehead atoms. The first kappa shape index (κ1) is 22.0. The fraction of sp³-hybridized carbons (Fsp3) is 0.0526. The SMILES string of the molecule is O=S(=O)(O)C(c1cc(O)c(O)c(Cl)c1)(c1ccccc1Cl)c1ccc(Cl)cc1Cl. The summed E-state index contributed by atoms with van der Waals surface area (Å²) >= 11 is 24.6. The highest BCUT2D eigenvalue weighted by molar-refractivity contribution is 7.87. The molecule has 152 valence electrons. The van der Waals surface area contributed by atoms with Gasteiger partial charge in [-0.25, -0.2) is 0 Å². The first-order valence-electron chi connectivity index (χ1n) is 7.89. The summed E-state index contributed by atoms with van der Waals surface area (Å²) in [7, 11) is -5.05. The van der Waals surface area contributed by atoms with Gasteiger partial charge in [-0.05, 0) is 35.9 Å². The Labute approximate surface area is 186 Å². The van der Waals surface area contributed by atoms with E-state index in [0.717, 1.165) is 12.1 Å². The van der Waals surface area contributed by atoms with Gasteiger partial charge in [0.15, 0.2) is 16.2 Å². The number of aromatic hydroxyl groups is 2. The minimum atomic E-state index is -5.05. The van der Waals surface area contributed by atoms with Crippen molar-refractivity contribution in [3.8, 4) is 11.5 Å². The van der Waals surface area contributed by atoms with Crippen molar-refractivity contribution in [3.63, 3.8) is 0 Å². The standard InChI is InChI=1S/C19H12Cl4O5S/c20-11-5-6-13(15(22)9-11)19(29(26,27)28,12-3-1-2-4-14(12)21)10-7-16(23)18(25)17(24)8-10/h1-9,24-25H,(H,26,27,28). The lowest BCUT2D eigenvalue weighted by Crippen LogP contribution is -2.38. The van der Waals surface area contributed by atoms with Crippen LogP contribution in [0, 0.1) is 0 Å². The number of halogens is 4. The minimum absolute atomic E-state index is 0.000158. The van der Waals surface area contributed by atoms with Gasteiger partial charge in [-0.2, -0.15) is 8.42 Å². The molecule has 5 nitrogen and oxygen atoms in total. The number of phenols is 2. The van der Waals surface area contributed by atoms with Crippen LogP contribution in [0.5, 0.6) is 11.5 Å². The number of rotatable bonds is 4. The Bertz CT molecular complexity index is 1190. The Morgan fingerprint density at radius 1 is 0.759 bits per heavy atom. The maximum Gasteiger partial charge on any atom is 0.283 e. The highest BCUT2D eigenvalue weighted by Crippen LogP contribution is 2.51. The quantitative estimate of drug-likeness (QED) is 0.239. The maximum atomic E-state index is 13.0. The van der Waals surface area contributed by atoms with Crippen LogP contribution in [0.15, 0.2) is 54.6 Å². The summed E-state index contributed by atoms with van der Waals surface area (Å²) in [5, 5.41) is 19.7. The second kappa shape index (κ2) is 7.87. The summed E-state index contributed by atoms with van der Waals surface area (Å²) in [5.41, 5.74) is -0.326. The molecule has 0 heterocycles. The molecule has 3 rings (SSSR count). The average molecular weight is 494 g/mol. The molecule has 3 aromatic rings. The summed E-state index contributed by atoms with van der Waals surface area (Å²) in [5.74, 6) is -1.35. The van der Waals surface area contributed by atoms with Crippen molar-refractivity contribution in [1.82, 2.24) is 0 Å². The molecule has 0 fully saturated rings.